The number of terminal acetylenes is 1. The van der Waals surface area contributed by atoms with Crippen molar-refractivity contribution in [2.45, 2.75) is 19.1 Å². The molecule has 0 unspecified atom stereocenters. The molecule has 0 radical (unpaired) electrons. The number of hydrogen-bond donors (Lipinski definition) is 0. The van der Waals surface area contributed by atoms with E-state index in [-0.39, 0.29) is 0 Å². The van der Waals surface area contributed by atoms with Crippen LogP contribution in [0.4, 0.5) is 0 Å². The van der Waals surface area contributed by atoms with Crippen LogP contribution in [0.15, 0.2) is 36.9 Å². The minimum absolute atomic E-state index is 1.06. The maximum Gasteiger partial charge on any atom is 0.0859 e. The Morgan fingerprint density at radius 2 is 2.06 bits per heavy atom. The fourth-order valence-electron chi connectivity index (χ4n) is 1.76. The Balaban J connectivity index is 3.23. The van der Waals surface area contributed by atoms with Gasteiger partial charge >= 0.3 is 0 Å². The Bertz CT molecular complexity index is 478. The van der Waals surface area contributed by atoms with Crippen LogP contribution in [0.25, 0.3) is 0 Å². The molecule has 0 saturated carbocycles. The van der Waals surface area contributed by atoms with Crippen LogP contribution in [0, 0.1) is 24.2 Å². The predicted molar refractivity (Wildman–Crippen MR) is 74.3 cm³/mol. The topological polar surface area (TPSA) is 0 Å². The van der Waals surface area contributed by atoms with Crippen molar-refractivity contribution in [2.24, 2.45) is 0 Å². The fraction of sp³-hybridized carbons (Fsp3) is 0.200. The zero-order valence-electron chi connectivity index (χ0n) is 9.88. The van der Waals surface area contributed by atoms with Gasteiger partial charge in [0.05, 0.1) is 8.07 Å². The summed E-state index contributed by atoms with van der Waals surface area (Å²) < 4.78 is 0. The van der Waals surface area contributed by atoms with E-state index in [9.17, 15) is 0 Å². The first-order valence-electron chi connectivity index (χ1n) is 5.29. The van der Waals surface area contributed by atoms with Crippen molar-refractivity contribution in [3.8, 4) is 24.2 Å². The quantitative estimate of drug-likeness (QED) is 0.421. The molecule has 0 aliphatic rings. The van der Waals surface area contributed by atoms with Crippen molar-refractivity contribution in [3.05, 3.63) is 42.5 Å². The van der Waals surface area contributed by atoms with Crippen LogP contribution in [-0.4, -0.2) is 8.07 Å². The van der Waals surface area contributed by atoms with Gasteiger partial charge in [0.15, 0.2) is 0 Å². The molecule has 16 heavy (non-hydrogen) atoms. The summed E-state index contributed by atoms with van der Waals surface area (Å²) in [6.07, 6.45) is 7.16. The molecule has 0 aliphatic heterocycles. The molecule has 0 N–H and O–H groups in total. The molecule has 1 aromatic rings. The second kappa shape index (κ2) is 5.40. The molecule has 1 rings (SSSR count). The smallest absolute Gasteiger partial charge is 0.0859 e. The number of hydrogen-bond acceptors (Lipinski definition) is 0. The van der Waals surface area contributed by atoms with E-state index in [2.05, 4.69) is 49.6 Å². The van der Waals surface area contributed by atoms with Gasteiger partial charge in [-0.05, 0) is 29.1 Å². The molecule has 1 heteroatoms. The molecule has 0 aromatic heterocycles. The van der Waals surface area contributed by atoms with Crippen LogP contribution in [0.2, 0.25) is 19.1 Å². The molecule has 0 nitrogen and oxygen atoms in total. The first-order chi connectivity index (χ1) is 7.61. The average molecular weight is 224 g/mol. The van der Waals surface area contributed by atoms with Crippen molar-refractivity contribution >= 4 is 13.3 Å². The molecular formula is C15H16Si. The summed E-state index contributed by atoms with van der Waals surface area (Å²) in [4.78, 5) is 0. The minimum atomic E-state index is -1.46. The van der Waals surface area contributed by atoms with E-state index in [1.165, 1.54) is 5.19 Å². The predicted octanol–water partition coefficient (Wildman–Crippen LogP) is 2.77. The molecule has 1 aromatic carbocycles. The van der Waals surface area contributed by atoms with E-state index in [4.69, 9.17) is 6.42 Å². The van der Waals surface area contributed by atoms with Crippen LogP contribution in [0.1, 0.15) is 5.56 Å². The maximum absolute atomic E-state index is 5.17. The SMILES string of the molecule is C#CC#Cc1ccccc1[Si](C)(C)CC=C. The molecule has 0 amide bonds. The number of allylic oxidation sites excluding steroid dienone is 1. The van der Waals surface area contributed by atoms with Gasteiger partial charge in [0.1, 0.15) is 0 Å². The van der Waals surface area contributed by atoms with E-state index in [1.54, 1.807) is 0 Å². The highest BCUT2D eigenvalue weighted by molar-refractivity contribution is 6.90. The summed E-state index contributed by atoms with van der Waals surface area (Å²) in [5, 5.41) is 1.36. The van der Waals surface area contributed by atoms with Gasteiger partial charge in [-0.3, -0.25) is 0 Å². The Morgan fingerprint density at radius 3 is 2.69 bits per heavy atom. The standard InChI is InChI=1S/C15H16Si/c1-5-7-10-14-11-8-9-12-15(14)16(3,4)13-6-2/h1,6,8-9,11-12H,2,13H2,3-4H3. The Morgan fingerprint density at radius 1 is 1.38 bits per heavy atom. The summed E-state index contributed by atoms with van der Waals surface area (Å²) in [5.41, 5.74) is 1.07. The summed E-state index contributed by atoms with van der Waals surface area (Å²) in [7, 11) is -1.46. The van der Waals surface area contributed by atoms with Gasteiger partial charge in [-0.25, -0.2) is 0 Å². The lowest BCUT2D eigenvalue weighted by atomic mass is 10.2. The zero-order valence-corrected chi connectivity index (χ0v) is 10.9. The van der Waals surface area contributed by atoms with Crippen LogP contribution < -0.4 is 5.19 Å². The van der Waals surface area contributed by atoms with Gasteiger partial charge in [-0.2, -0.15) is 0 Å². The van der Waals surface area contributed by atoms with E-state index in [0.29, 0.717) is 0 Å². The minimum Gasteiger partial charge on any atom is -0.106 e. The molecular weight excluding hydrogens is 208 g/mol. The van der Waals surface area contributed by atoms with E-state index in [0.717, 1.165) is 11.6 Å². The van der Waals surface area contributed by atoms with Crippen molar-refractivity contribution in [1.29, 1.82) is 0 Å². The monoisotopic (exact) mass is 224 g/mol. The number of benzene rings is 1. The van der Waals surface area contributed by atoms with Crippen LogP contribution >= 0.6 is 0 Å². The van der Waals surface area contributed by atoms with Gasteiger partial charge < -0.3 is 0 Å². The molecule has 0 fully saturated rings. The second-order valence-corrected chi connectivity index (χ2v) is 9.03. The lowest BCUT2D eigenvalue weighted by Gasteiger charge is -2.22. The highest BCUT2D eigenvalue weighted by Crippen LogP contribution is 2.12. The molecule has 80 valence electrons. The van der Waals surface area contributed by atoms with Crippen molar-refractivity contribution < 1.29 is 0 Å². The Kier molecular flexibility index (Phi) is 4.17. The first kappa shape index (κ1) is 12.4. The largest absolute Gasteiger partial charge is 0.106 e. The summed E-state index contributed by atoms with van der Waals surface area (Å²) in [6.45, 7) is 8.48. The van der Waals surface area contributed by atoms with Gasteiger partial charge in [-0.15, -0.1) is 13.0 Å². The molecule has 0 spiro atoms. The van der Waals surface area contributed by atoms with Crippen LogP contribution in [0.3, 0.4) is 0 Å². The van der Waals surface area contributed by atoms with E-state index >= 15 is 0 Å². The van der Waals surface area contributed by atoms with Crippen molar-refractivity contribution in [1.82, 2.24) is 0 Å². The van der Waals surface area contributed by atoms with Gasteiger partial charge in [0.2, 0.25) is 0 Å². The van der Waals surface area contributed by atoms with Crippen molar-refractivity contribution in [3.63, 3.8) is 0 Å². The molecule has 0 aliphatic carbocycles. The summed E-state index contributed by atoms with van der Waals surface area (Å²) >= 11 is 0. The normalized spacial score (nSPS) is 9.81. The molecule has 0 heterocycles. The third kappa shape index (κ3) is 2.89. The Hall–Kier alpha value is -1.70. The summed E-state index contributed by atoms with van der Waals surface area (Å²) in [6, 6.07) is 9.33. The van der Waals surface area contributed by atoms with Gasteiger partial charge in [-0.1, -0.05) is 43.3 Å². The van der Waals surface area contributed by atoms with E-state index < -0.39 is 8.07 Å². The first-order valence-corrected chi connectivity index (χ1v) is 8.49. The third-order valence-electron chi connectivity index (χ3n) is 2.58. The lowest BCUT2D eigenvalue weighted by molar-refractivity contribution is 1.53. The highest BCUT2D eigenvalue weighted by atomic mass is 28.3. The number of rotatable bonds is 3. The van der Waals surface area contributed by atoms with Crippen LogP contribution in [-0.2, 0) is 0 Å². The third-order valence-corrected chi connectivity index (χ3v) is 5.78. The van der Waals surface area contributed by atoms with E-state index in [1.807, 2.05) is 18.2 Å². The maximum atomic E-state index is 5.17. The van der Waals surface area contributed by atoms with Gasteiger partial charge in [0.25, 0.3) is 0 Å². The highest BCUT2D eigenvalue weighted by Gasteiger charge is 2.23. The van der Waals surface area contributed by atoms with Crippen molar-refractivity contribution in [2.75, 3.05) is 0 Å². The van der Waals surface area contributed by atoms with Gasteiger partial charge in [0, 0.05) is 5.56 Å². The summed E-state index contributed by atoms with van der Waals surface area (Å²) in [5.74, 6) is 8.10. The van der Waals surface area contributed by atoms with Crippen LogP contribution in [0.5, 0.6) is 0 Å². The lowest BCUT2D eigenvalue weighted by Crippen LogP contribution is -2.42. The zero-order chi connectivity index (χ0) is 12.0. The average Bonchev–Trinajstić information content (AvgIpc) is 2.26. The fourth-order valence-corrected chi connectivity index (χ4v) is 4.12. The molecule has 0 atom stereocenters. The molecule has 0 saturated heterocycles. The Labute approximate surface area is 99.4 Å². The molecule has 0 bridgehead atoms. The second-order valence-electron chi connectivity index (χ2n) is 4.32.